The topological polar surface area (TPSA) is 22.0 Å². The molecule has 0 amide bonds. The van der Waals surface area contributed by atoms with E-state index in [1.807, 2.05) is 47.2 Å². The average molecular weight is 325 g/mol. The maximum Gasteiger partial charge on any atom is 0.251 e. The van der Waals surface area contributed by atoms with Crippen LogP contribution in [0.15, 0.2) is 53.5 Å². The van der Waals surface area contributed by atoms with Crippen LogP contribution in [0.5, 0.6) is 0 Å². The Morgan fingerprint density at radius 1 is 0.750 bits per heavy atom. The second-order valence-electron chi connectivity index (χ2n) is 6.64. The average Bonchev–Trinajstić information content (AvgIpc) is 2.62. The summed E-state index contributed by atoms with van der Waals surface area (Å²) in [7, 11) is 0. The summed E-state index contributed by atoms with van der Waals surface area (Å²) in [5.74, 6) is 0. The first kappa shape index (κ1) is 18.5. The molecule has 0 spiro atoms. The van der Waals surface area contributed by atoms with E-state index in [1.165, 1.54) is 51.4 Å². The lowest BCUT2D eigenvalue weighted by molar-refractivity contribution is 0.533. The molecule has 1 aromatic heterocycles. The van der Waals surface area contributed by atoms with Gasteiger partial charge in [-0.2, -0.15) is 0 Å². The molecule has 1 heterocycles. The summed E-state index contributed by atoms with van der Waals surface area (Å²) in [6, 6.07) is 13.9. The number of aromatic nitrogens is 1. The summed E-state index contributed by atoms with van der Waals surface area (Å²) >= 11 is 0. The summed E-state index contributed by atoms with van der Waals surface area (Å²) in [6.45, 7) is 3.10. The van der Waals surface area contributed by atoms with E-state index in [0.29, 0.717) is 0 Å². The first-order valence-corrected chi connectivity index (χ1v) is 9.57. The fourth-order valence-electron chi connectivity index (χ4n) is 3.10. The summed E-state index contributed by atoms with van der Waals surface area (Å²) in [5, 5.41) is 0. The van der Waals surface area contributed by atoms with Crippen LogP contribution in [-0.2, 0) is 6.54 Å². The second-order valence-corrected chi connectivity index (χ2v) is 6.64. The predicted molar refractivity (Wildman–Crippen MR) is 103 cm³/mol. The van der Waals surface area contributed by atoms with E-state index in [0.717, 1.165) is 24.1 Å². The molecule has 0 aliphatic heterocycles. The van der Waals surface area contributed by atoms with Gasteiger partial charge in [0.25, 0.3) is 5.56 Å². The van der Waals surface area contributed by atoms with Gasteiger partial charge < -0.3 is 4.57 Å². The molecule has 2 rings (SSSR count). The highest BCUT2D eigenvalue weighted by Crippen LogP contribution is 2.16. The fraction of sp³-hybridized carbons (Fsp3) is 0.500. The van der Waals surface area contributed by atoms with Crippen molar-refractivity contribution in [3.8, 4) is 11.1 Å². The maximum absolute atomic E-state index is 12.2. The highest BCUT2D eigenvalue weighted by molar-refractivity contribution is 5.62. The maximum atomic E-state index is 12.2. The standard InChI is InChI=1S/C22H31NO/c1-2-3-4-5-6-7-8-9-13-17-23-18-16-21(19-22(23)24)20-14-11-10-12-15-20/h10-12,14-16,18-19H,2-9,13,17H2,1H3. The lowest BCUT2D eigenvalue weighted by atomic mass is 10.1. The lowest BCUT2D eigenvalue weighted by Crippen LogP contribution is -2.18. The van der Waals surface area contributed by atoms with E-state index in [9.17, 15) is 4.79 Å². The number of pyridine rings is 1. The van der Waals surface area contributed by atoms with Crippen molar-refractivity contribution in [1.82, 2.24) is 4.57 Å². The van der Waals surface area contributed by atoms with Crippen molar-refractivity contribution in [2.45, 2.75) is 71.3 Å². The summed E-state index contributed by atoms with van der Waals surface area (Å²) in [6.07, 6.45) is 13.7. The van der Waals surface area contributed by atoms with E-state index in [2.05, 4.69) is 6.92 Å². The summed E-state index contributed by atoms with van der Waals surface area (Å²) < 4.78 is 1.84. The van der Waals surface area contributed by atoms with Gasteiger partial charge in [-0.15, -0.1) is 0 Å². The Hall–Kier alpha value is -1.83. The van der Waals surface area contributed by atoms with Crippen molar-refractivity contribution >= 4 is 0 Å². The van der Waals surface area contributed by atoms with Gasteiger partial charge in [0, 0.05) is 18.8 Å². The van der Waals surface area contributed by atoms with Gasteiger partial charge in [-0.05, 0) is 23.6 Å². The Morgan fingerprint density at radius 2 is 1.38 bits per heavy atom. The van der Waals surface area contributed by atoms with Crippen molar-refractivity contribution in [2.24, 2.45) is 0 Å². The Kier molecular flexibility index (Phi) is 8.37. The van der Waals surface area contributed by atoms with Crippen LogP contribution in [0.1, 0.15) is 64.7 Å². The minimum atomic E-state index is 0.107. The molecule has 0 N–H and O–H groups in total. The van der Waals surface area contributed by atoms with Crippen LogP contribution in [0, 0.1) is 0 Å². The smallest absolute Gasteiger partial charge is 0.251 e. The number of benzene rings is 1. The van der Waals surface area contributed by atoms with E-state index in [4.69, 9.17) is 0 Å². The molecule has 0 unspecified atom stereocenters. The third kappa shape index (κ3) is 6.35. The largest absolute Gasteiger partial charge is 0.316 e. The zero-order valence-electron chi connectivity index (χ0n) is 15.0. The fourth-order valence-corrected chi connectivity index (χ4v) is 3.10. The molecule has 0 aliphatic carbocycles. The van der Waals surface area contributed by atoms with Crippen LogP contribution in [0.4, 0.5) is 0 Å². The Morgan fingerprint density at radius 3 is 2.00 bits per heavy atom. The molecular formula is C22H31NO. The summed E-state index contributed by atoms with van der Waals surface area (Å²) in [5.41, 5.74) is 2.21. The van der Waals surface area contributed by atoms with Crippen molar-refractivity contribution in [1.29, 1.82) is 0 Å². The van der Waals surface area contributed by atoms with E-state index in [-0.39, 0.29) is 5.56 Å². The molecule has 0 saturated heterocycles. The van der Waals surface area contributed by atoms with Gasteiger partial charge in [0.15, 0.2) is 0 Å². The lowest BCUT2D eigenvalue weighted by Gasteiger charge is -2.07. The van der Waals surface area contributed by atoms with E-state index < -0.39 is 0 Å². The van der Waals surface area contributed by atoms with E-state index in [1.54, 1.807) is 6.07 Å². The van der Waals surface area contributed by atoms with Gasteiger partial charge in [0.1, 0.15) is 0 Å². The zero-order chi connectivity index (χ0) is 17.0. The molecule has 2 aromatic rings. The molecule has 2 heteroatoms. The Balaban J connectivity index is 1.69. The van der Waals surface area contributed by atoms with Crippen LogP contribution in [0.2, 0.25) is 0 Å². The number of hydrogen-bond donors (Lipinski definition) is 0. The number of hydrogen-bond acceptors (Lipinski definition) is 1. The van der Waals surface area contributed by atoms with Crippen molar-refractivity contribution in [2.75, 3.05) is 0 Å². The van der Waals surface area contributed by atoms with Gasteiger partial charge in [-0.25, -0.2) is 0 Å². The Labute approximate surface area is 146 Å². The van der Waals surface area contributed by atoms with Gasteiger partial charge in [0.2, 0.25) is 0 Å². The van der Waals surface area contributed by atoms with Crippen LogP contribution < -0.4 is 5.56 Å². The molecule has 1 aromatic carbocycles. The van der Waals surface area contributed by atoms with Crippen LogP contribution in [-0.4, -0.2) is 4.57 Å². The molecule has 0 fully saturated rings. The molecule has 0 aliphatic rings. The number of aryl methyl sites for hydroxylation is 1. The SMILES string of the molecule is CCCCCCCCCCCn1ccc(-c2ccccc2)cc1=O. The molecule has 130 valence electrons. The van der Waals surface area contributed by atoms with Gasteiger partial charge in [-0.1, -0.05) is 88.6 Å². The number of rotatable bonds is 11. The molecule has 2 nitrogen and oxygen atoms in total. The highest BCUT2D eigenvalue weighted by atomic mass is 16.1. The molecule has 24 heavy (non-hydrogen) atoms. The minimum Gasteiger partial charge on any atom is -0.316 e. The second kappa shape index (κ2) is 10.9. The molecule has 0 atom stereocenters. The highest BCUT2D eigenvalue weighted by Gasteiger charge is 2.01. The first-order valence-electron chi connectivity index (χ1n) is 9.57. The van der Waals surface area contributed by atoms with Crippen LogP contribution in [0.3, 0.4) is 0 Å². The van der Waals surface area contributed by atoms with Gasteiger partial charge in [-0.3, -0.25) is 4.79 Å². The molecule has 0 bridgehead atoms. The number of nitrogens with zero attached hydrogens (tertiary/aromatic N) is 1. The predicted octanol–water partition coefficient (Wildman–Crippen LogP) is 6.05. The van der Waals surface area contributed by atoms with Crippen LogP contribution >= 0.6 is 0 Å². The first-order chi connectivity index (χ1) is 11.8. The molecule has 0 radical (unpaired) electrons. The normalized spacial score (nSPS) is 10.9. The van der Waals surface area contributed by atoms with Gasteiger partial charge in [0.05, 0.1) is 0 Å². The van der Waals surface area contributed by atoms with Crippen molar-refractivity contribution in [3.63, 3.8) is 0 Å². The molecule has 0 saturated carbocycles. The van der Waals surface area contributed by atoms with Gasteiger partial charge >= 0.3 is 0 Å². The van der Waals surface area contributed by atoms with Crippen LogP contribution in [0.25, 0.3) is 11.1 Å². The van der Waals surface area contributed by atoms with E-state index >= 15 is 0 Å². The number of unbranched alkanes of at least 4 members (excludes halogenated alkanes) is 8. The third-order valence-corrected chi connectivity index (χ3v) is 4.61. The Bertz CT molecular complexity index is 630. The zero-order valence-corrected chi connectivity index (χ0v) is 15.0. The van der Waals surface area contributed by atoms with Crippen molar-refractivity contribution < 1.29 is 0 Å². The minimum absolute atomic E-state index is 0.107. The van der Waals surface area contributed by atoms with Crippen molar-refractivity contribution in [3.05, 3.63) is 59.0 Å². The quantitative estimate of drug-likeness (QED) is 0.461. The monoisotopic (exact) mass is 325 g/mol. The summed E-state index contributed by atoms with van der Waals surface area (Å²) in [4.78, 5) is 12.2. The third-order valence-electron chi connectivity index (χ3n) is 4.61. The molecular weight excluding hydrogens is 294 g/mol.